The van der Waals surface area contributed by atoms with Crippen molar-refractivity contribution in [2.45, 2.75) is 82.3 Å². The molecule has 0 aromatic heterocycles. The van der Waals surface area contributed by atoms with E-state index in [1.807, 2.05) is 41.3 Å². The standard InChI is InChI=1S/C31H37NO5/c33-29(23-10-4-5-11-23)37-21-36-25-14-13-24-18-28-26-12-6-7-15-31(26,27(24)19-25)16-17-32(28)30(34)35-20-22-8-2-1-3-9-22/h1-3,8-9,13-14,19,23,26,28H,4-7,10-12,15-18,20-21H2/t26-,28+,31+/m1/s1. The molecule has 0 N–H and O–H groups in total. The minimum Gasteiger partial charge on any atom is -0.457 e. The van der Waals surface area contributed by atoms with Crippen molar-refractivity contribution in [3.05, 3.63) is 65.2 Å². The van der Waals surface area contributed by atoms with Crippen LogP contribution >= 0.6 is 0 Å². The summed E-state index contributed by atoms with van der Waals surface area (Å²) in [5.74, 6) is 1.10. The fourth-order valence-electron chi connectivity index (χ4n) is 7.54. The van der Waals surface area contributed by atoms with Crippen molar-refractivity contribution in [1.29, 1.82) is 0 Å². The number of hydrogen-bond donors (Lipinski definition) is 0. The quantitative estimate of drug-likeness (QED) is 0.349. The Kier molecular flexibility index (Phi) is 6.83. The number of rotatable bonds is 6. The van der Waals surface area contributed by atoms with Crippen LogP contribution < -0.4 is 4.74 Å². The first-order chi connectivity index (χ1) is 18.1. The molecular weight excluding hydrogens is 466 g/mol. The Morgan fingerprint density at radius 2 is 1.73 bits per heavy atom. The Morgan fingerprint density at radius 1 is 0.919 bits per heavy atom. The predicted octanol–water partition coefficient (Wildman–Crippen LogP) is 6.15. The van der Waals surface area contributed by atoms with E-state index in [2.05, 4.69) is 12.1 Å². The van der Waals surface area contributed by atoms with Crippen LogP contribution in [0.3, 0.4) is 0 Å². The fraction of sp³-hybridized carbons (Fsp3) is 0.548. The number of carbonyl (C=O) groups excluding carboxylic acids is 2. The van der Waals surface area contributed by atoms with Crippen LogP contribution in [0, 0.1) is 11.8 Å². The maximum Gasteiger partial charge on any atom is 0.410 e. The molecule has 2 aromatic rings. The monoisotopic (exact) mass is 503 g/mol. The number of ether oxygens (including phenoxy) is 3. The van der Waals surface area contributed by atoms with E-state index in [9.17, 15) is 9.59 Å². The van der Waals surface area contributed by atoms with E-state index in [4.69, 9.17) is 14.2 Å². The predicted molar refractivity (Wildman–Crippen MR) is 139 cm³/mol. The van der Waals surface area contributed by atoms with Crippen molar-refractivity contribution in [1.82, 2.24) is 4.90 Å². The van der Waals surface area contributed by atoms with Crippen LogP contribution in [-0.4, -0.2) is 36.3 Å². The third-order valence-electron chi connectivity index (χ3n) is 9.36. The zero-order chi connectivity index (χ0) is 25.2. The SMILES string of the molecule is O=C(OCOc1ccc2c(c1)[C@]13CCCC[C@@H]1[C@H](C2)N(C(=O)OCc1ccccc1)CC3)C1CCCC1. The number of benzene rings is 2. The van der Waals surface area contributed by atoms with E-state index in [-0.39, 0.29) is 36.2 Å². The van der Waals surface area contributed by atoms with E-state index in [0.717, 1.165) is 69.2 Å². The first-order valence-electron chi connectivity index (χ1n) is 14.0. The summed E-state index contributed by atoms with van der Waals surface area (Å²) in [4.78, 5) is 27.5. The van der Waals surface area contributed by atoms with Gasteiger partial charge in [-0.1, -0.05) is 62.1 Å². The summed E-state index contributed by atoms with van der Waals surface area (Å²) >= 11 is 0. The molecule has 37 heavy (non-hydrogen) atoms. The molecule has 6 rings (SSSR count). The summed E-state index contributed by atoms with van der Waals surface area (Å²) in [6.07, 6.45) is 10.4. The van der Waals surface area contributed by atoms with E-state index in [1.165, 1.54) is 24.0 Å². The highest BCUT2D eigenvalue weighted by Crippen LogP contribution is 2.56. The molecule has 2 aromatic carbocycles. The van der Waals surface area contributed by atoms with Crippen molar-refractivity contribution in [3.63, 3.8) is 0 Å². The molecule has 3 aliphatic carbocycles. The lowest BCUT2D eigenvalue weighted by molar-refractivity contribution is -0.155. The lowest BCUT2D eigenvalue weighted by Gasteiger charge is -2.58. The Balaban J connectivity index is 1.16. The highest BCUT2D eigenvalue weighted by Gasteiger charge is 2.55. The van der Waals surface area contributed by atoms with Gasteiger partial charge in [-0.3, -0.25) is 4.79 Å². The van der Waals surface area contributed by atoms with Crippen LogP contribution in [0.2, 0.25) is 0 Å². The van der Waals surface area contributed by atoms with Gasteiger partial charge in [0.15, 0.2) is 0 Å². The number of nitrogens with zero attached hydrogens (tertiary/aromatic N) is 1. The maximum atomic E-state index is 13.2. The fourth-order valence-corrected chi connectivity index (χ4v) is 7.54. The van der Waals surface area contributed by atoms with E-state index in [0.29, 0.717) is 12.5 Å². The number of hydrogen-bond acceptors (Lipinski definition) is 5. The van der Waals surface area contributed by atoms with Gasteiger partial charge < -0.3 is 19.1 Å². The molecule has 1 heterocycles. The van der Waals surface area contributed by atoms with Crippen LogP contribution in [0.15, 0.2) is 48.5 Å². The smallest absolute Gasteiger partial charge is 0.410 e. The van der Waals surface area contributed by atoms with Gasteiger partial charge >= 0.3 is 12.1 Å². The minimum absolute atomic E-state index is 0.0335. The zero-order valence-corrected chi connectivity index (χ0v) is 21.5. The average Bonchev–Trinajstić information content (AvgIpc) is 3.48. The second kappa shape index (κ2) is 10.4. The third-order valence-corrected chi connectivity index (χ3v) is 9.36. The van der Waals surface area contributed by atoms with Gasteiger partial charge in [-0.2, -0.15) is 0 Å². The van der Waals surface area contributed by atoms with Crippen LogP contribution in [0.5, 0.6) is 5.75 Å². The first kappa shape index (κ1) is 24.3. The molecule has 0 spiro atoms. The minimum atomic E-state index is -0.194. The zero-order valence-electron chi connectivity index (χ0n) is 21.5. The van der Waals surface area contributed by atoms with Crippen LogP contribution in [0.4, 0.5) is 4.79 Å². The third kappa shape index (κ3) is 4.71. The second-order valence-electron chi connectivity index (χ2n) is 11.3. The summed E-state index contributed by atoms with van der Waals surface area (Å²) in [7, 11) is 0. The Morgan fingerprint density at radius 3 is 2.57 bits per heavy atom. The van der Waals surface area contributed by atoms with E-state index >= 15 is 0 Å². The number of amides is 1. The van der Waals surface area contributed by atoms with Gasteiger partial charge in [0.05, 0.1) is 5.92 Å². The molecule has 6 heteroatoms. The van der Waals surface area contributed by atoms with Gasteiger partial charge in [0.1, 0.15) is 12.4 Å². The van der Waals surface area contributed by atoms with Gasteiger partial charge in [0.2, 0.25) is 6.79 Å². The molecule has 0 radical (unpaired) electrons. The van der Waals surface area contributed by atoms with Crippen molar-refractivity contribution in [2.24, 2.45) is 11.8 Å². The Hall–Kier alpha value is -3.02. The molecular formula is C31H37NO5. The molecule has 3 atom stereocenters. The number of esters is 1. The van der Waals surface area contributed by atoms with E-state index < -0.39 is 0 Å². The van der Waals surface area contributed by atoms with Gasteiger partial charge in [0.25, 0.3) is 0 Å². The molecule has 1 aliphatic heterocycles. The van der Waals surface area contributed by atoms with Crippen molar-refractivity contribution in [3.8, 4) is 5.75 Å². The number of likely N-dealkylation sites (tertiary alicyclic amines) is 1. The summed E-state index contributed by atoms with van der Waals surface area (Å²) in [5, 5.41) is 0. The summed E-state index contributed by atoms with van der Waals surface area (Å²) in [5.41, 5.74) is 3.77. The lowest BCUT2D eigenvalue weighted by Crippen LogP contribution is -2.62. The van der Waals surface area contributed by atoms with Gasteiger partial charge in [-0.15, -0.1) is 0 Å². The summed E-state index contributed by atoms with van der Waals surface area (Å²) < 4.78 is 17.1. The molecule has 2 bridgehead atoms. The highest BCUT2D eigenvalue weighted by atomic mass is 16.7. The normalized spacial score (nSPS) is 26.6. The largest absolute Gasteiger partial charge is 0.457 e. The molecule has 4 aliphatic rings. The average molecular weight is 504 g/mol. The van der Waals surface area contributed by atoms with Crippen molar-refractivity contribution in [2.75, 3.05) is 13.3 Å². The van der Waals surface area contributed by atoms with Gasteiger partial charge in [-0.05, 0) is 73.3 Å². The molecule has 3 fully saturated rings. The topological polar surface area (TPSA) is 65.1 Å². The van der Waals surface area contributed by atoms with Crippen molar-refractivity contribution >= 4 is 12.1 Å². The Bertz CT molecular complexity index is 1130. The molecule has 1 saturated heterocycles. The maximum absolute atomic E-state index is 13.2. The molecule has 6 nitrogen and oxygen atoms in total. The van der Waals surface area contributed by atoms with Crippen molar-refractivity contribution < 1.29 is 23.8 Å². The number of fused-ring (bicyclic) bond motifs is 1. The van der Waals surface area contributed by atoms with Gasteiger partial charge in [0, 0.05) is 18.0 Å². The van der Waals surface area contributed by atoms with Crippen LogP contribution in [-0.2, 0) is 32.7 Å². The second-order valence-corrected chi connectivity index (χ2v) is 11.3. The first-order valence-corrected chi connectivity index (χ1v) is 14.0. The molecule has 1 amide bonds. The van der Waals surface area contributed by atoms with Gasteiger partial charge in [-0.25, -0.2) is 4.79 Å². The highest BCUT2D eigenvalue weighted by molar-refractivity contribution is 5.72. The number of piperidine rings is 1. The molecule has 0 unspecified atom stereocenters. The lowest BCUT2D eigenvalue weighted by atomic mass is 9.52. The Labute approximate surface area is 219 Å². The molecule has 196 valence electrons. The summed E-state index contributed by atoms with van der Waals surface area (Å²) in [6, 6.07) is 16.4. The van der Waals surface area contributed by atoms with E-state index in [1.54, 1.807) is 0 Å². The summed E-state index contributed by atoms with van der Waals surface area (Å²) in [6.45, 7) is 0.994. The van der Waals surface area contributed by atoms with Crippen LogP contribution in [0.1, 0.15) is 74.5 Å². The number of carbonyl (C=O) groups is 2. The molecule has 2 saturated carbocycles. The van der Waals surface area contributed by atoms with Crippen LogP contribution in [0.25, 0.3) is 0 Å².